The van der Waals surface area contributed by atoms with Crippen LogP contribution in [0, 0.1) is 5.82 Å². The van der Waals surface area contributed by atoms with E-state index in [0.717, 1.165) is 6.20 Å². The normalized spacial score (nSPS) is 11.4. The molecule has 0 bridgehead atoms. The zero-order valence-electron chi connectivity index (χ0n) is 8.23. The Balaban J connectivity index is 2.74. The molecule has 3 aromatic heterocycles. The number of aromatic nitrogens is 5. The zero-order chi connectivity index (χ0) is 11.3. The molecule has 0 radical (unpaired) electrons. The third-order valence-corrected chi connectivity index (χ3v) is 2.44. The van der Waals surface area contributed by atoms with Crippen LogP contribution in [-0.4, -0.2) is 25.0 Å². The van der Waals surface area contributed by atoms with Gasteiger partial charge in [-0.3, -0.25) is 9.78 Å². The molecule has 0 aliphatic rings. The number of hydrogen-bond donors (Lipinski definition) is 1. The van der Waals surface area contributed by atoms with Gasteiger partial charge in [-0.2, -0.15) is 0 Å². The van der Waals surface area contributed by atoms with Crippen molar-refractivity contribution in [1.29, 1.82) is 0 Å². The summed E-state index contributed by atoms with van der Waals surface area (Å²) in [5.74, 6) is -0.651. The predicted molar refractivity (Wildman–Crippen MR) is 54.4 cm³/mol. The minimum absolute atomic E-state index is 0.0205. The van der Waals surface area contributed by atoms with Crippen LogP contribution in [0.1, 0.15) is 0 Å². The van der Waals surface area contributed by atoms with Crippen LogP contribution in [0.25, 0.3) is 21.9 Å². The third kappa shape index (κ3) is 0.992. The molecule has 0 atom stereocenters. The lowest BCUT2D eigenvalue weighted by atomic mass is 10.2. The molecule has 3 aromatic rings. The van der Waals surface area contributed by atoms with Crippen molar-refractivity contribution in [3.05, 3.63) is 28.6 Å². The lowest BCUT2D eigenvalue weighted by Crippen LogP contribution is -2.09. The van der Waals surface area contributed by atoms with E-state index in [9.17, 15) is 9.18 Å². The highest BCUT2D eigenvalue weighted by Crippen LogP contribution is 2.19. The second-order valence-corrected chi connectivity index (χ2v) is 3.41. The molecule has 0 aliphatic heterocycles. The lowest BCUT2D eigenvalue weighted by molar-refractivity contribution is 0.633. The molecule has 0 saturated heterocycles. The Hall–Kier alpha value is -2.31. The van der Waals surface area contributed by atoms with Crippen LogP contribution < -0.4 is 5.56 Å². The lowest BCUT2D eigenvalue weighted by Gasteiger charge is -1.99. The maximum atomic E-state index is 13.5. The average molecular weight is 219 g/mol. The third-order valence-electron chi connectivity index (χ3n) is 2.44. The first-order chi connectivity index (χ1) is 7.68. The summed E-state index contributed by atoms with van der Waals surface area (Å²) in [6.45, 7) is 0. The maximum absolute atomic E-state index is 13.5. The number of halogens is 1. The van der Waals surface area contributed by atoms with E-state index in [1.807, 2.05) is 0 Å². The Kier molecular flexibility index (Phi) is 1.59. The zero-order valence-corrected chi connectivity index (χ0v) is 8.23. The van der Waals surface area contributed by atoms with Gasteiger partial charge in [-0.15, -0.1) is 5.10 Å². The van der Waals surface area contributed by atoms with Crippen LogP contribution in [-0.2, 0) is 7.05 Å². The SMILES string of the molecule is Cn1nnc2[nH]c(=O)c3c(F)cncc3c21. The number of nitrogens with one attached hydrogen (secondary N) is 1. The Labute approximate surface area is 87.7 Å². The van der Waals surface area contributed by atoms with Gasteiger partial charge >= 0.3 is 0 Å². The van der Waals surface area contributed by atoms with E-state index < -0.39 is 11.4 Å². The number of pyridine rings is 2. The van der Waals surface area contributed by atoms with Crippen molar-refractivity contribution in [2.75, 3.05) is 0 Å². The van der Waals surface area contributed by atoms with Crippen molar-refractivity contribution in [2.45, 2.75) is 0 Å². The van der Waals surface area contributed by atoms with Crippen LogP contribution in [0.5, 0.6) is 0 Å². The first-order valence-electron chi connectivity index (χ1n) is 4.53. The molecule has 0 aliphatic carbocycles. The first kappa shape index (κ1) is 8.96. The number of rotatable bonds is 0. The van der Waals surface area contributed by atoms with Gasteiger partial charge in [0, 0.05) is 18.6 Å². The fourth-order valence-corrected chi connectivity index (χ4v) is 1.76. The van der Waals surface area contributed by atoms with Gasteiger partial charge in [0.1, 0.15) is 5.52 Å². The monoisotopic (exact) mass is 219 g/mol. The highest BCUT2D eigenvalue weighted by molar-refractivity contribution is 6.01. The topological polar surface area (TPSA) is 76.5 Å². The summed E-state index contributed by atoms with van der Waals surface area (Å²) in [5, 5.41) is 7.92. The van der Waals surface area contributed by atoms with Crippen molar-refractivity contribution < 1.29 is 4.39 Å². The molecule has 0 aromatic carbocycles. The largest absolute Gasteiger partial charge is 0.303 e. The predicted octanol–water partition coefficient (Wildman–Crippen LogP) is 0.344. The maximum Gasteiger partial charge on any atom is 0.260 e. The molecule has 1 N–H and O–H groups in total. The molecular weight excluding hydrogens is 213 g/mol. The van der Waals surface area contributed by atoms with Crippen molar-refractivity contribution in [2.24, 2.45) is 7.05 Å². The van der Waals surface area contributed by atoms with Gasteiger partial charge in [0.15, 0.2) is 11.5 Å². The summed E-state index contributed by atoms with van der Waals surface area (Å²) in [7, 11) is 1.66. The molecule has 0 fully saturated rings. The molecule has 80 valence electrons. The quantitative estimate of drug-likeness (QED) is 0.591. The molecule has 3 rings (SSSR count). The van der Waals surface area contributed by atoms with E-state index in [0.29, 0.717) is 16.6 Å². The van der Waals surface area contributed by atoms with Gasteiger partial charge in [0.2, 0.25) is 0 Å². The van der Waals surface area contributed by atoms with Crippen LogP contribution in [0.4, 0.5) is 4.39 Å². The van der Waals surface area contributed by atoms with Crippen molar-refractivity contribution >= 4 is 21.9 Å². The van der Waals surface area contributed by atoms with E-state index in [1.165, 1.54) is 10.9 Å². The van der Waals surface area contributed by atoms with E-state index in [4.69, 9.17) is 0 Å². The number of fused-ring (bicyclic) bond motifs is 3. The summed E-state index contributed by atoms with van der Waals surface area (Å²) in [4.78, 5) is 17.8. The Morgan fingerprint density at radius 3 is 3.06 bits per heavy atom. The molecule has 0 spiro atoms. The Morgan fingerprint density at radius 1 is 1.44 bits per heavy atom. The van der Waals surface area contributed by atoms with Crippen molar-refractivity contribution in [3.63, 3.8) is 0 Å². The number of aryl methyl sites for hydroxylation is 1. The number of hydrogen-bond acceptors (Lipinski definition) is 4. The fraction of sp³-hybridized carbons (Fsp3) is 0.111. The van der Waals surface area contributed by atoms with E-state index in [1.54, 1.807) is 7.05 Å². The molecule has 0 unspecified atom stereocenters. The smallest absolute Gasteiger partial charge is 0.260 e. The highest BCUT2D eigenvalue weighted by Gasteiger charge is 2.13. The minimum Gasteiger partial charge on any atom is -0.303 e. The number of aromatic amines is 1. The Morgan fingerprint density at radius 2 is 2.25 bits per heavy atom. The summed E-state index contributed by atoms with van der Waals surface area (Å²) in [5.41, 5.74) is 0.358. The molecule has 16 heavy (non-hydrogen) atoms. The van der Waals surface area contributed by atoms with E-state index in [-0.39, 0.29) is 5.39 Å². The second-order valence-electron chi connectivity index (χ2n) is 3.41. The number of H-pyrrole nitrogens is 1. The van der Waals surface area contributed by atoms with Crippen LogP contribution in [0.3, 0.4) is 0 Å². The molecule has 6 nitrogen and oxygen atoms in total. The second kappa shape index (κ2) is 2.84. The average Bonchev–Trinajstić information content (AvgIpc) is 2.60. The highest BCUT2D eigenvalue weighted by atomic mass is 19.1. The fourth-order valence-electron chi connectivity index (χ4n) is 1.76. The van der Waals surface area contributed by atoms with Gasteiger partial charge in [-0.1, -0.05) is 5.21 Å². The van der Waals surface area contributed by atoms with Crippen LogP contribution in [0.2, 0.25) is 0 Å². The molecular formula is C9H6FN5O. The van der Waals surface area contributed by atoms with Gasteiger partial charge < -0.3 is 4.98 Å². The molecule has 0 saturated carbocycles. The molecule has 3 heterocycles. The van der Waals surface area contributed by atoms with Gasteiger partial charge in [0.05, 0.1) is 11.6 Å². The van der Waals surface area contributed by atoms with Crippen molar-refractivity contribution in [1.82, 2.24) is 25.0 Å². The number of nitrogens with zero attached hydrogens (tertiary/aromatic N) is 4. The summed E-state index contributed by atoms with van der Waals surface area (Å²) in [6, 6.07) is 0. The summed E-state index contributed by atoms with van der Waals surface area (Å²) >= 11 is 0. The molecule has 7 heteroatoms. The van der Waals surface area contributed by atoms with Gasteiger partial charge in [0.25, 0.3) is 5.56 Å². The Bertz CT molecular complexity index is 760. The molecule has 0 amide bonds. The van der Waals surface area contributed by atoms with E-state index >= 15 is 0 Å². The summed E-state index contributed by atoms with van der Waals surface area (Å²) < 4.78 is 14.9. The van der Waals surface area contributed by atoms with Gasteiger partial charge in [-0.25, -0.2) is 9.07 Å². The minimum atomic E-state index is -0.651. The van der Waals surface area contributed by atoms with Gasteiger partial charge in [-0.05, 0) is 0 Å². The summed E-state index contributed by atoms with van der Waals surface area (Å²) in [6.07, 6.45) is 2.44. The van der Waals surface area contributed by atoms with E-state index in [2.05, 4.69) is 20.3 Å². The van der Waals surface area contributed by atoms with Crippen molar-refractivity contribution in [3.8, 4) is 0 Å². The van der Waals surface area contributed by atoms with Crippen LogP contribution in [0.15, 0.2) is 17.2 Å². The van der Waals surface area contributed by atoms with Crippen LogP contribution >= 0.6 is 0 Å². The standard InChI is InChI=1S/C9H6FN5O/c1-15-7-4-2-11-3-5(10)6(4)9(16)12-8(7)13-14-15/h2-3H,1H3,(H,12,16). The first-order valence-corrected chi connectivity index (χ1v) is 4.53.